The normalized spacial score (nSPS) is 21.8. The van der Waals surface area contributed by atoms with Crippen molar-refractivity contribution in [2.45, 2.75) is 50.6 Å². The molecular weight excluding hydrogens is 376 g/mol. The van der Waals surface area contributed by atoms with Gasteiger partial charge in [0, 0.05) is 6.04 Å². The molecule has 156 valence electrons. The van der Waals surface area contributed by atoms with Gasteiger partial charge in [-0.3, -0.25) is 19.8 Å². The number of nitrogens with zero attached hydrogens (tertiary/aromatic N) is 1. The van der Waals surface area contributed by atoms with Gasteiger partial charge in [0.25, 0.3) is 5.91 Å². The topological polar surface area (TPSA) is 117 Å². The second-order valence-corrected chi connectivity index (χ2v) is 7.31. The van der Waals surface area contributed by atoms with Crippen LogP contribution in [0.5, 0.6) is 5.75 Å². The van der Waals surface area contributed by atoms with Gasteiger partial charge in [-0.2, -0.15) is 0 Å². The van der Waals surface area contributed by atoms with Crippen molar-refractivity contribution < 1.29 is 23.9 Å². The fourth-order valence-electron chi connectivity index (χ4n) is 3.89. The Kier molecular flexibility index (Phi) is 6.05. The van der Waals surface area contributed by atoms with Crippen molar-refractivity contribution in [3.05, 3.63) is 29.8 Å². The molecule has 3 N–H and O–H groups in total. The Balaban J connectivity index is 1.66. The van der Waals surface area contributed by atoms with Crippen molar-refractivity contribution in [3.8, 4) is 5.75 Å². The lowest BCUT2D eigenvalue weighted by Crippen LogP contribution is -2.48. The zero-order valence-electron chi connectivity index (χ0n) is 16.6. The average molecular weight is 402 g/mol. The largest absolute Gasteiger partial charge is 0.497 e. The predicted octanol–water partition coefficient (Wildman–Crippen LogP) is 1.62. The van der Waals surface area contributed by atoms with Crippen LogP contribution in [-0.4, -0.2) is 48.5 Å². The van der Waals surface area contributed by atoms with Gasteiger partial charge in [0.15, 0.2) is 0 Å². The fourth-order valence-corrected chi connectivity index (χ4v) is 3.89. The zero-order chi connectivity index (χ0) is 21.0. The summed E-state index contributed by atoms with van der Waals surface area (Å²) in [5, 5.41) is 7.63. The maximum atomic E-state index is 13.1. The number of hydrogen-bond acceptors (Lipinski definition) is 5. The zero-order valence-corrected chi connectivity index (χ0v) is 16.6. The molecule has 29 heavy (non-hydrogen) atoms. The number of methoxy groups -OCH3 is 1. The van der Waals surface area contributed by atoms with Crippen molar-refractivity contribution in [2.75, 3.05) is 13.7 Å². The van der Waals surface area contributed by atoms with Crippen LogP contribution >= 0.6 is 0 Å². The first-order valence-electron chi connectivity index (χ1n) is 9.78. The summed E-state index contributed by atoms with van der Waals surface area (Å²) in [6.45, 7) is 1.25. The Labute approximate surface area is 169 Å². The molecule has 3 rings (SSSR count). The lowest BCUT2D eigenvalue weighted by molar-refractivity contribution is -0.135. The van der Waals surface area contributed by atoms with Gasteiger partial charge in [-0.25, -0.2) is 9.59 Å². The Morgan fingerprint density at radius 2 is 1.86 bits per heavy atom. The second kappa shape index (κ2) is 8.50. The number of amides is 6. The van der Waals surface area contributed by atoms with Gasteiger partial charge in [0.2, 0.25) is 5.91 Å². The van der Waals surface area contributed by atoms with Crippen LogP contribution in [0.1, 0.15) is 44.6 Å². The smallest absolute Gasteiger partial charge is 0.325 e. The molecule has 1 saturated heterocycles. The van der Waals surface area contributed by atoms with Crippen LogP contribution in [0.15, 0.2) is 24.3 Å². The monoisotopic (exact) mass is 402 g/mol. The molecular formula is C20H26N4O5. The third-order valence-corrected chi connectivity index (χ3v) is 5.53. The van der Waals surface area contributed by atoms with Gasteiger partial charge in [-0.1, -0.05) is 31.9 Å². The molecule has 2 fully saturated rings. The third-order valence-electron chi connectivity index (χ3n) is 5.53. The number of imide groups is 2. The van der Waals surface area contributed by atoms with Crippen molar-refractivity contribution in [1.82, 2.24) is 20.9 Å². The fraction of sp³-hybridized carbons (Fsp3) is 0.500. The van der Waals surface area contributed by atoms with E-state index in [0.29, 0.717) is 17.7 Å². The van der Waals surface area contributed by atoms with Crippen LogP contribution in [0, 0.1) is 0 Å². The number of ether oxygens (including phenoxy) is 1. The Morgan fingerprint density at radius 1 is 1.21 bits per heavy atom. The van der Waals surface area contributed by atoms with E-state index in [1.165, 1.54) is 7.11 Å². The number of rotatable bonds is 6. The molecule has 9 nitrogen and oxygen atoms in total. The molecule has 0 radical (unpaired) electrons. The summed E-state index contributed by atoms with van der Waals surface area (Å²) in [6, 6.07) is 5.61. The first kappa shape index (κ1) is 20.6. The highest BCUT2D eigenvalue weighted by Gasteiger charge is 2.51. The number of nitrogens with one attached hydrogen (secondary N) is 3. The van der Waals surface area contributed by atoms with E-state index in [-0.39, 0.29) is 6.04 Å². The maximum absolute atomic E-state index is 13.1. The minimum absolute atomic E-state index is 0.0577. The summed E-state index contributed by atoms with van der Waals surface area (Å²) in [6.07, 6.45) is 4.17. The molecule has 0 aromatic heterocycles. The van der Waals surface area contributed by atoms with Crippen molar-refractivity contribution in [1.29, 1.82) is 0 Å². The molecule has 1 aromatic carbocycles. The van der Waals surface area contributed by atoms with Gasteiger partial charge < -0.3 is 15.4 Å². The van der Waals surface area contributed by atoms with Gasteiger partial charge in [0.1, 0.15) is 17.8 Å². The van der Waals surface area contributed by atoms with Crippen LogP contribution in [0.2, 0.25) is 0 Å². The number of carbonyl (C=O) groups is 4. The lowest BCUT2D eigenvalue weighted by atomic mass is 9.87. The van der Waals surface area contributed by atoms with Gasteiger partial charge in [-0.15, -0.1) is 0 Å². The molecule has 0 unspecified atom stereocenters. The van der Waals surface area contributed by atoms with E-state index >= 15 is 0 Å². The molecule has 0 spiro atoms. The SMILES string of the molecule is CC[C@]1(c2ccc(OC)cc2)NC(=O)N(CC(=O)NC(=O)NC2CCCC2)C1=O. The molecule has 1 aliphatic carbocycles. The summed E-state index contributed by atoms with van der Waals surface area (Å²) in [5.41, 5.74) is -0.656. The van der Waals surface area contributed by atoms with Gasteiger partial charge >= 0.3 is 12.1 Å². The first-order chi connectivity index (χ1) is 13.9. The summed E-state index contributed by atoms with van der Waals surface area (Å²) < 4.78 is 5.13. The van der Waals surface area contributed by atoms with E-state index in [4.69, 9.17) is 4.74 Å². The van der Waals surface area contributed by atoms with Crippen molar-refractivity contribution in [3.63, 3.8) is 0 Å². The predicted molar refractivity (Wildman–Crippen MR) is 104 cm³/mol. The van der Waals surface area contributed by atoms with Crippen LogP contribution in [0.4, 0.5) is 9.59 Å². The third kappa shape index (κ3) is 4.18. The van der Waals surface area contributed by atoms with Crippen molar-refractivity contribution >= 4 is 23.9 Å². The van der Waals surface area contributed by atoms with Gasteiger partial charge in [-0.05, 0) is 37.0 Å². The molecule has 1 saturated carbocycles. The molecule has 9 heteroatoms. The van der Waals surface area contributed by atoms with Gasteiger partial charge in [0.05, 0.1) is 7.11 Å². The van der Waals surface area contributed by atoms with Crippen LogP contribution in [0.25, 0.3) is 0 Å². The molecule has 0 bridgehead atoms. The first-order valence-corrected chi connectivity index (χ1v) is 9.78. The van der Waals surface area contributed by atoms with Crippen LogP contribution < -0.4 is 20.7 Å². The van der Waals surface area contributed by atoms with E-state index in [1.54, 1.807) is 31.2 Å². The van der Waals surface area contributed by atoms with Crippen molar-refractivity contribution in [2.24, 2.45) is 0 Å². The number of hydrogen-bond donors (Lipinski definition) is 3. The number of carbonyl (C=O) groups excluding carboxylic acids is 4. The van der Waals surface area contributed by atoms with Crippen LogP contribution in [-0.2, 0) is 15.1 Å². The summed E-state index contributed by atoms with van der Waals surface area (Å²) in [5.74, 6) is -0.617. The minimum atomic E-state index is -1.25. The molecule has 1 atom stereocenters. The molecule has 1 aromatic rings. The minimum Gasteiger partial charge on any atom is -0.497 e. The highest BCUT2D eigenvalue weighted by Crippen LogP contribution is 2.33. The Hall–Kier alpha value is -3.10. The lowest BCUT2D eigenvalue weighted by Gasteiger charge is -2.26. The Bertz CT molecular complexity index is 804. The van der Waals surface area contributed by atoms with E-state index in [9.17, 15) is 19.2 Å². The Morgan fingerprint density at radius 3 is 2.45 bits per heavy atom. The molecule has 1 heterocycles. The second-order valence-electron chi connectivity index (χ2n) is 7.31. The maximum Gasteiger partial charge on any atom is 0.325 e. The number of benzene rings is 1. The van der Waals surface area contributed by atoms with Crippen LogP contribution in [0.3, 0.4) is 0 Å². The van der Waals surface area contributed by atoms with E-state index in [0.717, 1.165) is 30.6 Å². The van der Waals surface area contributed by atoms with E-state index < -0.39 is 36.0 Å². The average Bonchev–Trinajstić information content (AvgIpc) is 3.30. The summed E-state index contributed by atoms with van der Waals surface area (Å²) in [4.78, 5) is 50.5. The summed E-state index contributed by atoms with van der Waals surface area (Å²) >= 11 is 0. The molecule has 6 amide bonds. The van der Waals surface area contributed by atoms with E-state index in [2.05, 4.69) is 16.0 Å². The quantitative estimate of drug-likeness (QED) is 0.625. The standard InChI is InChI=1S/C20H26N4O5/c1-3-20(13-8-10-15(29-2)11-9-13)17(26)24(19(28)23-20)12-16(25)22-18(27)21-14-6-4-5-7-14/h8-11,14H,3-7,12H2,1-2H3,(H,23,28)(H2,21,22,25,27)/t20-/m1/s1. The highest BCUT2D eigenvalue weighted by molar-refractivity contribution is 6.10. The number of urea groups is 2. The summed E-state index contributed by atoms with van der Waals surface area (Å²) in [7, 11) is 1.54. The molecule has 2 aliphatic rings. The molecule has 1 aliphatic heterocycles. The highest BCUT2D eigenvalue weighted by atomic mass is 16.5. The van der Waals surface area contributed by atoms with E-state index in [1.807, 2.05) is 0 Å².